The highest BCUT2D eigenvalue weighted by atomic mass is 32.1. The summed E-state index contributed by atoms with van der Waals surface area (Å²) in [5.74, 6) is 1.72. The number of thiazole rings is 1. The van der Waals surface area contributed by atoms with E-state index in [9.17, 15) is 4.79 Å². The van der Waals surface area contributed by atoms with Crippen LogP contribution in [0.15, 0.2) is 66.0 Å². The molecule has 0 saturated carbocycles. The van der Waals surface area contributed by atoms with E-state index in [1.165, 1.54) is 11.3 Å². The highest BCUT2D eigenvalue weighted by molar-refractivity contribution is 7.14. The summed E-state index contributed by atoms with van der Waals surface area (Å²) in [6.45, 7) is -0.0981. The fraction of sp³-hybridized carbons (Fsp3) is 0.130. The molecule has 0 bridgehead atoms. The zero-order valence-electron chi connectivity index (χ0n) is 16.5. The number of rotatable bonds is 7. The van der Waals surface area contributed by atoms with Crippen LogP contribution in [0, 0.1) is 0 Å². The molecule has 0 aliphatic carbocycles. The van der Waals surface area contributed by atoms with E-state index in [-0.39, 0.29) is 12.5 Å². The number of ether oxygens (including phenoxy) is 3. The van der Waals surface area contributed by atoms with Gasteiger partial charge in [-0.05, 0) is 35.0 Å². The van der Waals surface area contributed by atoms with E-state index in [0.717, 1.165) is 16.3 Å². The van der Waals surface area contributed by atoms with Crippen molar-refractivity contribution in [2.45, 2.75) is 0 Å². The second kappa shape index (κ2) is 8.84. The van der Waals surface area contributed by atoms with Crippen molar-refractivity contribution in [3.05, 3.63) is 66.0 Å². The van der Waals surface area contributed by atoms with Crippen LogP contribution in [0.3, 0.4) is 0 Å². The lowest BCUT2D eigenvalue weighted by atomic mass is 10.1. The van der Waals surface area contributed by atoms with Crippen molar-refractivity contribution in [1.29, 1.82) is 0 Å². The third kappa shape index (κ3) is 4.36. The van der Waals surface area contributed by atoms with Crippen LogP contribution in [0.2, 0.25) is 0 Å². The summed E-state index contributed by atoms with van der Waals surface area (Å²) in [6.07, 6.45) is 0. The molecule has 1 aromatic heterocycles. The quantitative estimate of drug-likeness (QED) is 0.456. The average molecular weight is 420 g/mol. The first kappa shape index (κ1) is 19.7. The Hall–Kier alpha value is -3.58. The third-order valence-corrected chi connectivity index (χ3v) is 5.28. The largest absolute Gasteiger partial charge is 0.497 e. The van der Waals surface area contributed by atoms with Gasteiger partial charge in [0.25, 0.3) is 5.91 Å². The number of carbonyl (C=O) groups excluding carboxylic acids is 1. The number of hydrogen-bond acceptors (Lipinski definition) is 6. The molecule has 7 heteroatoms. The Morgan fingerprint density at radius 2 is 1.77 bits per heavy atom. The number of aromatic nitrogens is 1. The molecule has 1 heterocycles. The number of nitrogens with zero attached hydrogens (tertiary/aromatic N) is 1. The molecule has 30 heavy (non-hydrogen) atoms. The number of benzene rings is 3. The van der Waals surface area contributed by atoms with Crippen molar-refractivity contribution in [3.63, 3.8) is 0 Å². The Morgan fingerprint density at radius 1 is 0.967 bits per heavy atom. The minimum Gasteiger partial charge on any atom is -0.497 e. The average Bonchev–Trinajstić information content (AvgIpc) is 3.25. The number of methoxy groups -OCH3 is 2. The van der Waals surface area contributed by atoms with Crippen LogP contribution < -0.4 is 19.5 Å². The summed E-state index contributed by atoms with van der Waals surface area (Å²) in [5, 5.41) is 7.33. The molecule has 0 radical (unpaired) electrons. The number of carbonyl (C=O) groups is 1. The van der Waals surface area contributed by atoms with Crippen molar-refractivity contribution < 1.29 is 19.0 Å². The van der Waals surface area contributed by atoms with Crippen molar-refractivity contribution in [1.82, 2.24) is 4.98 Å². The second-order valence-electron chi connectivity index (χ2n) is 6.45. The summed E-state index contributed by atoms with van der Waals surface area (Å²) in [5.41, 5.74) is 1.53. The summed E-state index contributed by atoms with van der Waals surface area (Å²) < 4.78 is 16.3. The lowest BCUT2D eigenvalue weighted by molar-refractivity contribution is -0.118. The third-order valence-electron chi connectivity index (χ3n) is 4.53. The molecule has 0 fully saturated rings. The van der Waals surface area contributed by atoms with Crippen molar-refractivity contribution in [2.75, 3.05) is 26.1 Å². The molecule has 1 amide bonds. The van der Waals surface area contributed by atoms with Gasteiger partial charge >= 0.3 is 0 Å². The van der Waals surface area contributed by atoms with Crippen LogP contribution in [-0.4, -0.2) is 31.7 Å². The zero-order valence-corrected chi connectivity index (χ0v) is 17.4. The maximum atomic E-state index is 12.3. The summed E-state index contributed by atoms with van der Waals surface area (Å²) >= 11 is 1.34. The van der Waals surface area contributed by atoms with Crippen LogP contribution in [0.5, 0.6) is 17.2 Å². The van der Waals surface area contributed by atoms with Gasteiger partial charge in [0.15, 0.2) is 11.7 Å². The molecular weight excluding hydrogens is 400 g/mol. The predicted molar refractivity (Wildman–Crippen MR) is 119 cm³/mol. The lowest BCUT2D eigenvalue weighted by Crippen LogP contribution is -2.20. The Bertz CT molecular complexity index is 1190. The smallest absolute Gasteiger partial charge is 0.264 e. The fourth-order valence-corrected chi connectivity index (χ4v) is 3.75. The molecule has 0 saturated heterocycles. The highest BCUT2D eigenvalue weighted by Gasteiger charge is 2.13. The number of nitrogens with one attached hydrogen (secondary N) is 1. The molecule has 0 aliphatic heterocycles. The van der Waals surface area contributed by atoms with E-state index in [4.69, 9.17) is 14.2 Å². The normalized spacial score (nSPS) is 10.6. The van der Waals surface area contributed by atoms with E-state index in [0.29, 0.717) is 28.1 Å². The van der Waals surface area contributed by atoms with E-state index in [2.05, 4.69) is 10.3 Å². The van der Waals surface area contributed by atoms with Gasteiger partial charge in [-0.25, -0.2) is 4.98 Å². The molecule has 0 unspecified atom stereocenters. The maximum Gasteiger partial charge on any atom is 0.264 e. The van der Waals surface area contributed by atoms with E-state index < -0.39 is 0 Å². The van der Waals surface area contributed by atoms with Crippen LogP contribution >= 0.6 is 11.3 Å². The highest BCUT2D eigenvalue weighted by Crippen LogP contribution is 2.34. The standard InChI is InChI=1S/C23H20N2O4S/c1-27-17-9-10-19(21(12-17)28-2)20-14-30-23(24-20)25-22(26)13-29-18-8-7-15-5-3-4-6-16(15)11-18/h3-12,14H,13H2,1-2H3,(H,24,25,26). The van der Waals surface area contributed by atoms with Crippen molar-refractivity contribution in [3.8, 4) is 28.5 Å². The summed E-state index contributed by atoms with van der Waals surface area (Å²) in [7, 11) is 3.20. The molecule has 0 spiro atoms. The minimum absolute atomic E-state index is 0.0981. The van der Waals surface area contributed by atoms with Gasteiger partial charge in [-0.15, -0.1) is 11.3 Å². The topological polar surface area (TPSA) is 69.7 Å². The minimum atomic E-state index is -0.272. The number of anilines is 1. The molecule has 3 aromatic carbocycles. The Balaban J connectivity index is 1.40. The lowest BCUT2D eigenvalue weighted by Gasteiger charge is -2.08. The Morgan fingerprint density at radius 3 is 2.57 bits per heavy atom. The molecular formula is C23H20N2O4S. The van der Waals surface area contributed by atoms with Gasteiger partial charge < -0.3 is 14.2 Å². The first-order valence-electron chi connectivity index (χ1n) is 9.25. The molecule has 4 aromatic rings. The molecule has 6 nitrogen and oxygen atoms in total. The van der Waals surface area contributed by atoms with Gasteiger partial charge in [0.1, 0.15) is 17.2 Å². The number of amides is 1. The fourth-order valence-electron chi connectivity index (χ4n) is 3.03. The van der Waals surface area contributed by atoms with Gasteiger partial charge in [-0.2, -0.15) is 0 Å². The molecule has 4 rings (SSSR count). The molecule has 152 valence electrons. The van der Waals surface area contributed by atoms with Gasteiger partial charge in [-0.1, -0.05) is 30.3 Å². The Kier molecular flexibility index (Phi) is 5.81. The molecule has 0 aliphatic rings. The maximum absolute atomic E-state index is 12.3. The van der Waals surface area contributed by atoms with Gasteiger partial charge in [0.05, 0.1) is 19.9 Å². The zero-order chi connectivity index (χ0) is 20.9. The number of hydrogen-bond donors (Lipinski definition) is 1. The van der Waals surface area contributed by atoms with E-state index in [1.54, 1.807) is 20.3 Å². The van der Waals surface area contributed by atoms with Crippen LogP contribution in [0.25, 0.3) is 22.0 Å². The van der Waals surface area contributed by atoms with Crippen LogP contribution in [0.4, 0.5) is 5.13 Å². The molecule has 1 N–H and O–H groups in total. The monoisotopic (exact) mass is 420 g/mol. The van der Waals surface area contributed by atoms with Gasteiger partial charge in [0.2, 0.25) is 0 Å². The molecule has 0 atom stereocenters. The van der Waals surface area contributed by atoms with Crippen LogP contribution in [-0.2, 0) is 4.79 Å². The van der Waals surface area contributed by atoms with Crippen molar-refractivity contribution in [2.24, 2.45) is 0 Å². The SMILES string of the molecule is COc1ccc(-c2csc(NC(=O)COc3ccc4ccccc4c3)n2)c(OC)c1. The number of fused-ring (bicyclic) bond motifs is 1. The van der Waals surface area contributed by atoms with Crippen molar-refractivity contribution >= 4 is 33.1 Å². The van der Waals surface area contributed by atoms with E-state index in [1.807, 2.05) is 60.0 Å². The summed E-state index contributed by atoms with van der Waals surface area (Å²) in [4.78, 5) is 16.8. The first-order chi connectivity index (χ1) is 14.7. The van der Waals surface area contributed by atoms with E-state index >= 15 is 0 Å². The second-order valence-corrected chi connectivity index (χ2v) is 7.31. The van der Waals surface area contributed by atoms with Gasteiger partial charge in [-0.3, -0.25) is 10.1 Å². The van der Waals surface area contributed by atoms with Gasteiger partial charge in [0, 0.05) is 17.0 Å². The van der Waals surface area contributed by atoms with Crippen LogP contribution in [0.1, 0.15) is 0 Å². The summed E-state index contributed by atoms with van der Waals surface area (Å²) in [6, 6.07) is 19.2. The Labute approximate surface area is 178 Å². The predicted octanol–water partition coefficient (Wildman–Crippen LogP) is 5.00. The first-order valence-corrected chi connectivity index (χ1v) is 10.1.